The lowest BCUT2D eigenvalue weighted by Gasteiger charge is -2.13. The van der Waals surface area contributed by atoms with Gasteiger partial charge in [-0.1, -0.05) is 31.9 Å². The fourth-order valence-corrected chi connectivity index (χ4v) is 1.39. The summed E-state index contributed by atoms with van der Waals surface area (Å²) in [5.41, 5.74) is 0.677. The highest BCUT2D eigenvalue weighted by atomic mass is 16.5. The highest BCUT2D eigenvalue weighted by Gasteiger charge is 2.07. The van der Waals surface area contributed by atoms with E-state index in [1.54, 1.807) is 0 Å². The lowest BCUT2D eigenvalue weighted by molar-refractivity contribution is -0.115. The van der Waals surface area contributed by atoms with Gasteiger partial charge in [0.05, 0.1) is 25.4 Å². The largest absolute Gasteiger partial charge is 0.491 e. The number of para-hydroxylation sites is 2. The number of anilines is 1. The quantitative estimate of drug-likeness (QED) is 0.581. The van der Waals surface area contributed by atoms with Crippen LogP contribution in [-0.2, 0) is 4.79 Å². The topological polar surface area (TPSA) is 50.4 Å². The zero-order chi connectivity index (χ0) is 14.1. The van der Waals surface area contributed by atoms with Crippen molar-refractivity contribution in [2.24, 2.45) is 5.92 Å². The molecule has 0 aliphatic rings. The first-order valence-electron chi connectivity index (χ1n) is 6.29. The SMILES string of the molecule is C#CCNCC(=O)Nc1ccccc1OCC(C)C. The maximum absolute atomic E-state index is 11.7. The van der Waals surface area contributed by atoms with Crippen LogP contribution in [0.25, 0.3) is 0 Å². The Morgan fingerprint density at radius 3 is 2.84 bits per heavy atom. The minimum Gasteiger partial charge on any atom is -0.491 e. The Balaban J connectivity index is 2.57. The van der Waals surface area contributed by atoms with Crippen LogP contribution in [0.2, 0.25) is 0 Å². The zero-order valence-corrected chi connectivity index (χ0v) is 11.4. The molecule has 0 radical (unpaired) electrons. The van der Waals surface area contributed by atoms with Crippen molar-refractivity contribution in [3.63, 3.8) is 0 Å². The molecule has 1 rings (SSSR count). The van der Waals surface area contributed by atoms with Crippen LogP contribution in [0.15, 0.2) is 24.3 Å². The average Bonchev–Trinajstić information content (AvgIpc) is 2.38. The fourth-order valence-electron chi connectivity index (χ4n) is 1.39. The molecule has 1 aromatic rings. The first-order valence-corrected chi connectivity index (χ1v) is 6.29. The molecular weight excluding hydrogens is 240 g/mol. The molecule has 0 aromatic heterocycles. The molecule has 0 heterocycles. The molecule has 2 N–H and O–H groups in total. The van der Waals surface area contributed by atoms with Gasteiger partial charge in [-0.3, -0.25) is 10.1 Å². The van der Waals surface area contributed by atoms with E-state index in [2.05, 4.69) is 30.4 Å². The summed E-state index contributed by atoms with van der Waals surface area (Å²) >= 11 is 0. The second-order valence-corrected chi connectivity index (χ2v) is 4.56. The van der Waals surface area contributed by atoms with Crippen molar-refractivity contribution < 1.29 is 9.53 Å². The normalized spacial score (nSPS) is 10.0. The Labute approximate surface area is 114 Å². The van der Waals surface area contributed by atoms with E-state index in [4.69, 9.17) is 11.2 Å². The number of carbonyl (C=O) groups excluding carboxylic acids is 1. The van der Waals surface area contributed by atoms with Gasteiger partial charge in [-0.2, -0.15) is 0 Å². The van der Waals surface area contributed by atoms with Gasteiger partial charge in [0.1, 0.15) is 5.75 Å². The van der Waals surface area contributed by atoms with Gasteiger partial charge in [0.15, 0.2) is 0 Å². The van der Waals surface area contributed by atoms with Crippen LogP contribution in [0.1, 0.15) is 13.8 Å². The smallest absolute Gasteiger partial charge is 0.238 e. The Morgan fingerprint density at radius 1 is 1.42 bits per heavy atom. The van der Waals surface area contributed by atoms with Crippen molar-refractivity contribution >= 4 is 11.6 Å². The summed E-state index contributed by atoms with van der Waals surface area (Å²) in [5, 5.41) is 5.63. The molecule has 0 bridgehead atoms. The summed E-state index contributed by atoms with van der Waals surface area (Å²) in [6, 6.07) is 7.39. The standard InChI is InChI=1S/C15H20N2O2/c1-4-9-16-10-15(18)17-13-7-5-6-8-14(13)19-11-12(2)3/h1,5-8,12,16H,9-11H2,2-3H3,(H,17,18). The number of carbonyl (C=O) groups is 1. The maximum Gasteiger partial charge on any atom is 0.238 e. The van der Waals surface area contributed by atoms with Gasteiger partial charge in [-0.15, -0.1) is 6.42 Å². The van der Waals surface area contributed by atoms with Gasteiger partial charge in [0, 0.05) is 0 Å². The van der Waals surface area contributed by atoms with Crippen molar-refractivity contribution in [3.05, 3.63) is 24.3 Å². The van der Waals surface area contributed by atoms with E-state index in [-0.39, 0.29) is 12.5 Å². The minimum absolute atomic E-state index is 0.143. The van der Waals surface area contributed by atoms with Gasteiger partial charge in [-0.05, 0) is 18.1 Å². The summed E-state index contributed by atoms with van der Waals surface area (Å²) in [6.07, 6.45) is 5.10. The molecule has 102 valence electrons. The van der Waals surface area contributed by atoms with Crippen LogP contribution in [0.3, 0.4) is 0 Å². The first-order chi connectivity index (χ1) is 9.13. The van der Waals surface area contributed by atoms with Crippen LogP contribution in [-0.4, -0.2) is 25.6 Å². The number of amides is 1. The van der Waals surface area contributed by atoms with E-state index >= 15 is 0 Å². The Kier molecular flexibility index (Phi) is 6.48. The molecule has 0 saturated heterocycles. The number of hydrogen-bond acceptors (Lipinski definition) is 3. The fraction of sp³-hybridized carbons (Fsp3) is 0.400. The summed E-state index contributed by atoms with van der Waals surface area (Å²) in [5.74, 6) is 3.39. The highest BCUT2D eigenvalue weighted by molar-refractivity contribution is 5.93. The second kappa shape index (κ2) is 8.17. The molecular formula is C15H20N2O2. The van der Waals surface area contributed by atoms with E-state index in [1.807, 2.05) is 24.3 Å². The van der Waals surface area contributed by atoms with E-state index in [0.29, 0.717) is 30.5 Å². The summed E-state index contributed by atoms with van der Waals surface area (Å²) in [4.78, 5) is 11.7. The second-order valence-electron chi connectivity index (χ2n) is 4.56. The molecule has 0 fully saturated rings. The predicted octanol–water partition coefficient (Wildman–Crippen LogP) is 1.88. The predicted molar refractivity (Wildman–Crippen MR) is 77.1 cm³/mol. The monoisotopic (exact) mass is 260 g/mol. The molecule has 1 aromatic carbocycles. The lowest BCUT2D eigenvalue weighted by atomic mass is 10.2. The molecule has 0 unspecified atom stereocenters. The van der Waals surface area contributed by atoms with Gasteiger partial charge in [-0.25, -0.2) is 0 Å². The first kappa shape index (κ1) is 15.1. The van der Waals surface area contributed by atoms with Crippen molar-refractivity contribution in [3.8, 4) is 18.1 Å². The van der Waals surface area contributed by atoms with Crippen molar-refractivity contribution in [1.29, 1.82) is 0 Å². The van der Waals surface area contributed by atoms with E-state index in [0.717, 1.165) is 0 Å². The van der Waals surface area contributed by atoms with Gasteiger partial charge >= 0.3 is 0 Å². The van der Waals surface area contributed by atoms with E-state index < -0.39 is 0 Å². The lowest BCUT2D eigenvalue weighted by Crippen LogP contribution is -2.28. The molecule has 19 heavy (non-hydrogen) atoms. The summed E-state index contributed by atoms with van der Waals surface area (Å²) in [6.45, 7) is 5.32. The summed E-state index contributed by atoms with van der Waals surface area (Å²) < 4.78 is 5.66. The third-order valence-electron chi connectivity index (χ3n) is 2.25. The van der Waals surface area contributed by atoms with Crippen LogP contribution in [0.4, 0.5) is 5.69 Å². The van der Waals surface area contributed by atoms with E-state index in [9.17, 15) is 4.79 Å². The number of benzene rings is 1. The Hall–Kier alpha value is -1.99. The highest BCUT2D eigenvalue weighted by Crippen LogP contribution is 2.24. The van der Waals surface area contributed by atoms with Crippen LogP contribution in [0.5, 0.6) is 5.75 Å². The zero-order valence-electron chi connectivity index (χ0n) is 11.4. The molecule has 0 aliphatic heterocycles. The number of nitrogens with one attached hydrogen (secondary N) is 2. The summed E-state index contributed by atoms with van der Waals surface area (Å²) in [7, 11) is 0. The Morgan fingerprint density at radius 2 is 2.16 bits per heavy atom. The van der Waals surface area contributed by atoms with Gasteiger partial charge in [0.2, 0.25) is 5.91 Å². The van der Waals surface area contributed by atoms with Crippen molar-refractivity contribution in [2.75, 3.05) is 25.0 Å². The van der Waals surface area contributed by atoms with Crippen LogP contribution in [0, 0.1) is 18.3 Å². The maximum atomic E-state index is 11.7. The van der Waals surface area contributed by atoms with E-state index in [1.165, 1.54) is 0 Å². The molecule has 0 aliphatic carbocycles. The molecule has 0 spiro atoms. The molecule has 1 amide bonds. The van der Waals surface area contributed by atoms with Crippen LogP contribution >= 0.6 is 0 Å². The molecule has 4 nitrogen and oxygen atoms in total. The molecule has 4 heteroatoms. The van der Waals surface area contributed by atoms with Gasteiger partial charge in [0.25, 0.3) is 0 Å². The third kappa shape index (κ3) is 5.94. The third-order valence-corrected chi connectivity index (χ3v) is 2.25. The number of hydrogen-bond donors (Lipinski definition) is 2. The molecule has 0 saturated carbocycles. The van der Waals surface area contributed by atoms with Crippen molar-refractivity contribution in [2.45, 2.75) is 13.8 Å². The molecule has 0 atom stereocenters. The van der Waals surface area contributed by atoms with Gasteiger partial charge < -0.3 is 10.1 Å². The minimum atomic E-state index is -0.143. The number of rotatable bonds is 7. The van der Waals surface area contributed by atoms with Crippen LogP contribution < -0.4 is 15.4 Å². The number of terminal acetylenes is 1. The number of ether oxygens (including phenoxy) is 1. The Bertz CT molecular complexity index is 450. The average molecular weight is 260 g/mol. The van der Waals surface area contributed by atoms with Crippen molar-refractivity contribution in [1.82, 2.24) is 5.32 Å².